The van der Waals surface area contributed by atoms with Crippen LogP contribution < -0.4 is 5.32 Å². The molecule has 2 heterocycles. The number of anilines is 1. The Morgan fingerprint density at radius 1 is 1.07 bits per heavy atom. The van der Waals surface area contributed by atoms with Crippen LogP contribution in [0.1, 0.15) is 56.3 Å². The van der Waals surface area contributed by atoms with E-state index in [0.717, 1.165) is 19.3 Å². The maximum atomic E-state index is 12.6. The first kappa shape index (κ1) is 19.5. The summed E-state index contributed by atoms with van der Waals surface area (Å²) in [6, 6.07) is 5.87. The Morgan fingerprint density at radius 2 is 1.70 bits per heavy atom. The summed E-state index contributed by atoms with van der Waals surface area (Å²) in [7, 11) is -3.52. The molecule has 9 heteroatoms. The average Bonchev–Trinajstić information content (AvgIpc) is 3.11. The van der Waals surface area contributed by atoms with Gasteiger partial charge in [0.25, 0.3) is 5.91 Å². The predicted molar refractivity (Wildman–Crippen MR) is 100 cm³/mol. The van der Waals surface area contributed by atoms with Gasteiger partial charge in [0.05, 0.1) is 4.90 Å². The van der Waals surface area contributed by atoms with Gasteiger partial charge >= 0.3 is 6.01 Å². The van der Waals surface area contributed by atoms with Crippen molar-refractivity contribution in [2.45, 2.75) is 50.3 Å². The number of amides is 1. The van der Waals surface area contributed by atoms with E-state index in [0.29, 0.717) is 24.5 Å². The molecule has 8 nitrogen and oxygen atoms in total. The largest absolute Gasteiger partial charge is 0.407 e. The normalized spacial score (nSPS) is 16.3. The molecule has 0 saturated carbocycles. The molecule has 0 aliphatic carbocycles. The fourth-order valence-electron chi connectivity index (χ4n) is 2.78. The van der Waals surface area contributed by atoms with E-state index in [1.54, 1.807) is 0 Å². The molecule has 1 aromatic heterocycles. The molecule has 0 unspecified atom stereocenters. The van der Waals surface area contributed by atoms with Gasteiger partial charge in [-0.25, -0.2) is 8.42 Å². The highest BCUT2D eigenvalue weighted by Crippen LogP contribution is 2.23. The lowest BCUT2D eigenvalue weighted by atomic mass is 9.97. The van der Waals surface area contributed by atoms with E-state index in [2.05, 4.69) is 15.5 Å². The minimum Gasteiger partial charge on any atom is -0.407 e. The molecule has 0 atom stereocenters. The highest BCUT2D eigenvalue weighted by Gasteiger charge is 2.26. The minimum atomic E-state index is -3.52. The highest BCUT2D eigenvalue weighted by atomic mass is 32.2. The second-order valence-corrected chi connectivity index (χ2v) is 9.54. The van der Waals surface area contributed by atoms with Crippen LogP contribution in [0.2, 0.25) is 0 Å². The first-order valence-corrected chi connectivity index (χ1v) is 10.4. The summed E-state index contributed by atoms with van der Waals surface area (Å²) in [5, 5.41) is 10.3. The van der Waals surface area contributed by atoms with Crippen molar-refractivity contribution in [1.29, 1.82) is 0 Å². The van der Waals surface area contributed by atoms with Gasteiger partial charge in [-0.15, -0.1) is 5.10 Å². The molecule has 0 bridgehead atoms. The highest BCUT2D eigenvalue weighted by molar-refractivity contribution is 7.89. The molecule has 1 aliphatic rings. The second-order valence-electron chi connectivity index (χ2n) is 7.61. The molecule has 1 N–H and O–H groups in total. The number of rotatable bonds is 4. The third-order valence-electron chi connectivity index (χ3n) is 4.36. The Bertz CT molecular complexity index is 908. The number of carbonyl (C=O) groups is 1. The summed E-state index contributed by atoms with van der Waals surface area (Å²) in [4.78, 5) is 12.5. The van der Waals surface area contributed by atoms with Crippen LogP contribution >= 0.6 is 0 Å². The fraction of sp³-hybridized carbons (Fsp3) is 0.500. The van der Waals surface area contributed by atoms with E-state index in [1.165, 1.54) is 28.6 Å². The van der Waals surface area contributed by atoms with Crippen LogP contribution in [0.3, 0.4) is 0 Å². The van der Waals surface area contributed by atoms with Gasteiger partial charge in [0, 0.05) is 24.1 Å². The van der Waals surface area contributed by atoms with Crippen LogP contribution in [0.15, 0.2) is 33.6 Å². The van der Waals surface area contributed by atoms with Crippen LogP contribution in [0, 0.1) is 0 Å². The zero-order valence-corrected chi connectivity index (χ0v) is 16.5. The van der Waals surface area contributed by atoms with Gasteiger partial charge in [-0.05, 0) is 37.1 Å². The average molecular weight is 392 g/mol. The maximum Gasteiger partial charge on any atom is 0.322 e. The number of hydrogen-bond acceptors (Lipinski definition) is 6. The van der Waals surface area contributed by atoms with Crippen molar-refractivity contribution in [2.75, 3.05) is 18.4 Å². The van der Waals surface area contributed by atoms with E-state index in [9.17, 15) is 13.2 Å². The van der Waals surface area contributed by atoms with Crippen LogP contribution in [-0.4, -0.2) is 41.9 Å². The van der Waals surface area contributed by atoms with E-state index >= 15 is 0 Å². The van der Waals surface area contributed by atoms with Gasteiger partial charge in [0.1, 0.15) is 0 Å². The number of carbonyl (C=O) groups excluding carboxylic acids is 1. The summed E-state index contributed by atoms with van der Waals surface area (Å²) in [5.74, 6) is -0.0261. The summed E-state index contributed by atoms with van der Waals surface area (Å²) >= 11 is 0. The lowest BCUT2D eigenvalue weighted by molar-refractivity contribution is 0.102. The smallest absolute Gasteiger partial charge is 0.322 e. The van der Waals surface area contributed by atoms with Crippen molar-refractivity contribution in [3.05, 3.63) is 35.7 Å². The van der Waals surface area contributed by atoms with Crippen molar-refractivity contribution in [2.24, 2.45) is 0 Å². The number of sulfonamides is 1. The third-order valence-corrected chi connectivity index (χ3v) is 6.27. The number of benzene rings is 1. The number of nitrogens with one attached hydrogen (secondary N) is 1. The summed E-state index contributed by atoms with van der Waals surface area (Å²) in [5.41, 5.74) is -0.0106. The first-order valence-electron chi connectivity index (χ1n) is 8.93. The lowest BCUT2D eigenvalue weighted by Gasteiger charge is -2.25. The summed E-state index contributed by atoms with van der Waals surface area (Å²) in [6.45, 7) is 6.85. The predicted octanol–water partition coefficient (Wildman–Crippen LogP) is 2.79. The van der Waals surface area contributed by atoms with Crippen LogP contribution in [0.4, 0.5) is 6.01 Å². The van der Waals surface area contributed by atoms with Crippen LogP contribution in [-0.2, 0) is 15.4 Å². The summed E-state index contributed by atoms with van der Waals surface area (Å²) in [6.07, 6.45) is 2.80. The Labute approximate surface area is 159 Å². The molecule has 146 valence electrons. The Morgan fingerprint density at radius 3 is 2.26 bits per heavy atom. The molecule has 1 saturated heterocycles. The molecule has 2 aromatic rings. The molecule has 1 fully saturated rings. The van der Waals surface area contributed by atoms with E-state index in [4.69, 9.17) is 4.42 Å². The molecule has 0 spiro atoms. The zero-order chi connectivity index (χ0) is 19.7. The monoisotopic (exact) mass is 392 g/mol. The van der Waals surface area contributed by atoms with Gasteiger partial charge in [-0.2, -0.15) is 4.31 Å². The molecule has 1 aromatic carbocycles. The van der Waals surface area contributed by atoms with Gasteiger partial charge in [-0.1, -0.05) is 32.3 Å². The molecular formula is C18H24N4O4S. The van der Waals surface area contributed by atoms with Crippen molar-refractivity contribution in [1.82, 2.24) is 14.5 Å². The van der Waals surface area contributed by atoms with Crippen molar-refractivity contribution < 1.29 is 17.6 Å². The second kappa shape index (κ2) is 7.40. The first-order chi connectivity index (χ1) is 12.7. The maximum absolute atomic E-state index is 12.6. The van der Waals surface area contributed by atoms with Gasteiger partial charge in [-0.3, -0.25) is 10.1 Å². The third kappa shape index (κ3) is 4.36. The molecule has 0 radical (unpaired) electrons. The van der Waals surface area contributed by atoms with Crippen molar-refractivity contribution in [3.63, 3.8) is 0 Å². The summed E-state index contributed by atoms with van der Waals surface area (Å²) < 4.78 is 32.2. The number of piperidine rings is 1. The Kier molecular flexibility index (Phi) is 5.34. The number of hydrogen-bond donors (Lipinski definition) is 1. The quantitative estimate of drug-likeness (QED) is 0.858. The van der Waals surface area contributed by atoms with Crippen LogP contribution in [0.5, 0.6) is 0 Å². The van der Waals surface area contributed by atoms with Crippen LogP contribution in [0.25, 0.3) is 0 Å². The van der Waals surface area contributed by atoms with E-state index in [-0.39, 0.29) is 16.3 Å². The van der Waals surface area contributed by atoms with Crippen molar-refractivity contribution >= 4 is 21.9 Å². The Hall–Kier alpha value is -2.26. The molecular weight excluding hydrogens is 368 g/mol. The van der Waals surface area contributed by atoms with E-state index < -0.39 is 15.9 Å². The molecule has 1 aliphatic heterocycles. The zero-order valence-electron chi connectivity index (χ0n) is 15.7. The fourth-order valence-corrected chi connectivity index (χ4v) is 4.30. The molecule has 3 rings (SSSR count). The van der Waals surface area contributed by atoms with Gasteiger partial charge < -0.3 is 4.42 Å². The van der Waals surface area contributed by atoms with E-state index in [1.807, 2.05) is 20.8 Å². The molecule has 27 heavy (non-hydrogen) atoms. The SMILES string of the molecule is CC(C)(C)c1nnc(NC(=O)c2ccc(S(=O)(=O)N3CCCCC3)cc2)o1. The number of aromatic nitrogens is 2. The lowest BCUT2D eigenvalue weighted by Crippen LogP contribution is -2.35. The number of nitrogens with zero attached hydrogens (tertiary/aromatic N) is 3. The van der Waals surface area contributed by atoms with Gasteiger partial charge in [0.15, 0.2) is 0 Å². The standard InChI is InChI=1S/C18H24N4O4S/c1-18(2,3)16-20-21-17(26-16)19-15(23)13-7-9-14(10-8-13)27(24,25)22-11-5-4-6-12-22/h7-10H,4-6,11-12H2,1-3H3,(H,19,21,23). The molecule has 1 amide bonds. The minimum absolute atomic E-state index is 0.00920. The Balaban J connectivity index is 1.71. The van der Waals surface area contributed by atoms with Gasteiger partial charge in [0.2, 0.25) is 15.9 Å². The van der Waals surface area contributed by atoms with Crippen molar-refractivity contribution in [3.8, 4) is 0 Å². The topological polar surface area (TPSA) is 105 Å².